The van der Waals surface area contributed by atoms with Crippen LogP contribution in [-0.4, -0.2) is 32.1 Å². The van der Waals surface area contributed by atoms with Gasteiger partial charge in [0.05, 0.1) is 19.8 Å². The van der Waals surface area contributed by atoms with Crippen LogP contribution in [0.4, 0.5) is 0 Å². The van der Waals surface area contributed by atoms with Crippen LogP contribution in [0.25, 0.3) is 0 Å². The Labute approximate surface area is 90.5 Å². The lowest BCUT2D eigenvalue weighted by Crippen LogP contribution is -2.20. The second-order valence-electron chi connectivity index (χ2n) is 2.99. The van der Waals surface area contributed by atoms with Gasteiger partial charge in [0.15, 0.2) is 0 Å². The Kier molecular flexibility index (Phi) is 7.58. The van der Waals surface area contributed by atoms with Gasteiger partial charge in [0.2, 0.25) is 6.29 Å². The number of ether oxygens (including phenoxy) is 3. The average molecular weight is 214 g/mol. The van der Waals surface area contributed by atoms with E-state index in [4.69, 9.17) is 14.2 Å². The van der Waals surface area contributed by atoms with Gasteiger partial charge in [0, 0.05) is 5.57 Å². The Morgan fingerprint density at radius 1 is 1.47 bits per heavy atom. The fourth-order valence-corrected chi connectivity index (χ4v) is 0.725. The minimum absolute atomic E-state index is 0.355. The first-order valence-corrected chi connectivity index (χ1v) is 4.74. The summed E-state index contributed by atoms with van der Waals surface area (Å²) in [7, 11) is 0. The number of carbonyl (C=O) groups is 1. The van der Waals surface area contributed by atoms with Crippen LogP contribution in [0.3, 0.4) is 0 Å². The summed E-state index contributed by atoms with van der Waals surface area (Å²) in [6.45, 7) is 11.5. The van der Waals surface area contributed by atoms with Crippen molar-refractivity contribution < 1.29 is 19.0 Å². The molecule has 4 nitrogen and oxygen atoms in total. The second kappa shape index (κ2) is 8.20. The predicted molar refractivity (Wildman–Crippen MR) is 57.3 cm³/mol. The van der Waals surface area contributed by atoms with Crippen molar-refractivity contribution in [3.8, 4) is 0 Å². The highest BCUT2D eigenvalue weighted by Crippen LogP contribution is 1.99. The van der Waals surface area contributed by atoms with Crippen molar-refractivity contribution in [2.75, 3.05) is 19.8 Å². The maximum Gasteiger partial charge on any atom is 0.335 e. The summed E-state index contributed by atoms with van der Waals surface area (Å²) < 4.78 is 15.1. The topological polar surface area (TPSA) is 44.8 Å². The molecule has 0 heterocycles. The number of esters is 1. The molecule has 1 unspecified atom stereocenters. The first kappa shape index (κ1) is 13.9. The summed E-state index contributed by atoms with van der Waals surface area (Å²) in [6.07, 6.45) is 1.08. The van der Waals surface area contributed by atoms with Crippen LogP contribution in [0.15, 0.2) is 24.8 Å². The minimum Gasteiger partial charge on any atom is -0.433 e. The van der Waals surface area contributed by atoms with Gasteiger partial charge in [-0.3, -0.25) is 0 Å². The molecule has 0 amide bonds. The van der Waals surface area contributed by atoms with Crippen molar-refractivity contribution in [3.05, 3.63) is 24.8 Å². The molecule has 0 aromatic carbocycles. The van der Waals surface area contributed by atoms with Crippen molar-refractivity contribution in [3.63, 3.8) is 0 Å². The van der Waals surface area contributed by atoms with Gasteiger partial charge in [0.25, 0.3) is 0 Å². The van der Waals surface area contributed by atoms with Gasteiger partial charge in [-0.25, -0.2) is 4.79 Å². The van der Waals surface area contributed by atoms with Crippen molar-refractivity contribution in [2.24, 2.45) is 0 Å². The SMILES string of the molecule is C=CCOCCOC(C)OC(=O)C(=C)C. The standard InChI is InChI=1S/C11H18O4/c1-5-6-13-7-8-14-10(4)15-11(12)9(2)3/h5,10H,1-2,6-8H2,3-4H3. The van der Waals surface area contributed by atoms with E-state index < -0.39 is 12.3 Å². The number of hydrogen-bond donors (Lipinski definition) is 0. The monoisotopic (exact) mass is 214 g/mol. The quantitative estimate of drug-likeness (QED) is 0.203. The third-order valence-corrected chi connectivity index (χ3v) is 1.44. The largest absolute Gasteiger partial charge is 0.433 e. The first-order chi connectivity index (χ1) is 7.07. The molecule has 0 aromatic rings. The van der Waals surface area contributed by atoms with E-state index in [0.29, 0.717) is 25.4 Å². The van der Waals surface area contributed by atoms with Crippen LogP contribution < -0.4 is 0 Å². The molecule has 0 saturated carbocycles. The molecule has 0 aliphatic carbocycles. The molecule has 0 saturated heterocycles. The molecule has 1 atom stereocenters. The first-order valence-electron chi connectivity index (χ1n) is 4.74. The minimum atomic E-state index is -0.582. The summed E-state index contributed by atoms with van der Waals surface area (Å²) in [5.41, 5.74) is 0.355. The van der Waals surface area contributed by atoms with E-state index in [1.807, 2.05) is 0 Å². The fourth-order valence-electron chi connectivity index (χ4n) is 0.725. The lowest BCUT2D eigenvalue weighted by molar-refractivity contribution is -0.172. The third-order valence-electron chi connectivity index (χ3n) is 1.44. The number of carbonyl (C=O) groups excluding carboxylic acids is 1. The summed E-state index contributed by atoms with van der Waals surface area (Å²) in [4.78, 5) is 11.0. The molecule has 0 bridgehead atoms. The van der Waals surface area contributed by atoms with E-state index in [9.17, 15) is 4.79 Å². The molecular weight excluding hydrogens is 196 g/mol. The smallest absolute Gasteiger partial charge is 0.335 e. The zero-order valence-electron chi connectivity index (χ0n) is 9.32. The molecule has 0 aliphatic heterocycles. The molecular formula is C11H18O4. The average Bonchev–Trinajstić information content (AvgIpc) is 2.17. The van der Waals surface area contributed by atoms with Gasteiger partial charge in [-0.1, -0.05) is 12.7 Å². The molecule has 0 rings (SSSR count). The van der Waals surface area contributed by atoms with Crippen molar-refractivity contribution in [1.29, 1.82) is 0 Å². The maximum absolute atomic E-state index is 11.0. The van der Waals surface area contributed by atoms with Crippen LogP contribution in [0.1, 0.15) is 13.8 Å². The Hall–Kier alpha value is -1.13. The predicted octanol–water partition coefficient (Wildman–Crippen LogP) is 1.67. The molecule has 0 aromatic heterocycles. The van der Waals surface area contributed by atoms with Crippen LogP contribution in [0.5, 0.6) is 0 Å². The van der Waals surface area contributed by atoms with Crippen molar-refractivity contribution in [2.45, 2.75) is 20.1 Å². The molecule has 86 valence electrons. The molecule has 0 N–H and O–H groups in total. The van der Waals surface area contributed by atoms with Crippen molar-refractivity contribution in [1.82, 2.24) is 0 Å². The number of hydrogen-bond acceptors (Lipinski definition) is 4. The lowest BCUT2D eigenvalue weighted by atomic mass is 10.4. The van der Waals surface area contributed by atoms with E-state index in [1.54, 1.807) is 19.9 Å². The van der Waals surface area contributed by atoms with Crippen LogP contribution >= 0.6 is 0 Å². The van der Waals surface area contributed by atoms with Crippen LogP contribution in [0.2, 0.25) is 0 Å². The Balaban J connectivity index is 3.48. The van der Waals surface area contributed by atoms with E-state index in [2.05, 4.69) is 13.2 Å². The normalized spacial score (nSPS) is 11.9. The molecule has 0 radical (unpaired) electrons. The van der Waals surface area contributed by atoms with E-state index in [-0.39, 0.29) is 0 Å². The summed E-state index contributed by atoms with van der Waals surface area (Å²) in [6, 6.07) is 0. The Morgan fingerprint density at radius 3 is 2.67 bits per heavy atom. The molecule has 0 fully saturated rings. The highest BCUT2D eigenvalue weighted by Gasteiger charge is 2.09. The van der Waals surface area contributed by atoms with E-state index in [1.165, 1.54) is 0 Å². The highest BCUT2D eigenvalue weighted by molar-refractivity contribution is 5.86. The molecule has 4 heteroatoms. The second-order valence-corrected chi connectivity index (χ2v) is 2.99. The van der Waals surface area contributed by atoms with Gasteiger partial charge in [-0.05, 0) is 13.8 Å². The maximum atomic E-state index is 11.0. The summed E-state index contributed by atoms with van der Waals surface area (Å²) in [5, 5.41) is 0. The summed E-state index contributed by atoms with van der Waals surface area (Å²) in [5.74, 6) is -0.450. The fraction of sp³-hybridized carbons (Fsp3) is 0.545. The van der Waals surface area contributed by atoms with Gasteiger partial charge in [0.1, 0.15) is 0 Å². The molecule has 0 spiro atoms. The Morgan fingerprint density at radius 2 is 2.13 bits per heavy atom. The van der Waals surface area contributed by atoms with Crippen molar-refractivity contribution >= 4 is 5.97 Å². The Bertz CT molecular complexity index is 223. The zero-order chi connectivity index (χ0) is 11.7. The van der Waals surface area contributed by atoms with Crippen LogP contribution in [0, 0.1) is 0 Å². The van der Waals surface area contributed by atoms with Gasteiger partial charge >= 0.3 is 5.97 Å². The van der Waals surface area contributed by atoms with E-state index in [0.717, 1.165) is 0 Å². The number of rotatable bonds is 8. The van der Waals surface area contributed by atoms with Gasteiger partial charge in [-0.2, -0.15) is 0 Å². The van der Waals surface area contributed by atoms with Gasteiger partial charge < -0.3 is 14.2 Å². The highest BCUT2D eigenvalue weighted by atomic mass is 16.7. The zero-order valence-corrected chi connectivity index (χ0v) is 9.32. The van der Waals surface area contributed by atoms with E-state index >= 15 is 0 Å². The lowest BCUT2D eigenvalue weighted by Gasteiger charge is -2.13. The molecule has 0 aliphatic rings. The summed E-state index contributed by atoms with van der Waals surface area (Å²) >= 11 is 0. The molecule has 15 heavy (non-hydrogen) atoms. The third kappa shape index (κ3) is 7.90. The van der Waals surface area contributed by atoms with Gasteiger partial charge in [-0.15, -0.1) is 6.58 Å². The van der Waals surface area contributed by atoms with Crippen LogP contribution in [-0.2, 0) is 19.0 Å².